The molecule has 3 atom stereocenters. The number of quaternary nitrogens is 1. The lowest BCUT2D eigenvalue weighted by molar-refractivity contribution is -0.870. The van der Waals surface area contributed by atoms with Crippen LogP contribution < -0.4 is 5.32 Å². The number of likely N-dealkylation sites (N-methyl/N-ethyl adjacent to an activating group) is 1. The van der Waals surface area contributed by atoms with Crippen molar-refractivity contribution in [2.75, 3.05) is 40.9 Å². The molecular weight excluding hydrogens is 647 g/mol. The van der Waals surface area contributed by atoms with Gasteiger partial charge in [0.2, 0.25) is 5.91 Å². The normalized spacial score (nSPS) is 15.1. The number of carbonyl (C=O) groups excluding carboxylic acids is 1. The molecule has 0 radical (unpaired) electrons. The first-order valence-electron chi connectivity index (χ1n) is 20.0. The average molecular weight is 726 g/mol. The average Bonchev–Trinajstić information content (AvgIpc) is 3.06. The Bertz CT molecular complexity index is 959. The van der Waals surface area contributed by atoms with Crippen molar-refractivity contribution in [2.45, 2.75) is 167 Å². The van der Waals surface area contributed by atoms with Crippen molar-refractivity contribution in [3.8, 4) is 0 Å². The topological polar surface area (TPSA) is 105 Å². The zero-order valence-electron chi connectivity index (χ0n) is 32.9. The van der Waals surface area contributed by atoms with E-state index in [0.717, 1.165) is 51.4 Å². The zero-order valence-corrected chi connectivity index (χ0v) is 33.8. The number of aliphatic hydroxyl groups is 1. The fourth-order valence-corrected chi connectivity index (χ4v) is 6.00. The molecule has 9 heteroatoms. The molecule has 0 saturated carbocycles. The summed E-state index contributed by atoms with van der Waals surface area (Å²) < 4.78 is 23.4. The number of aliphatic hydroxyl groups excluding tert-OH is 1. The van der Waals surface area contributed by atoms with Gasteiger partial charge in [-0.2, -0.15) is 0 Å². The van der Waals surface area contributed by atoms with Crippen LogP contribution in [0.4, 0.5) is 0 Å². The summed E-state index contributed by atoms with van der Waals surface area (Å²) in [5, 5.41) is 13.7. The van der Waals surface area contributed by atoms with Crippen LogP contribution in [-0.2, 0) is 18.4 Å². The maximum Gasteiger partial charge on any atom is 0.472 e. The Morgan fingerprint density at radius 3 is 1.76 bits per heavy atom. The summed E-state index contributed by atoms with van der Waals surface area (Å²) in [6, 6.07) is -0.865. The third kappa shape index (κ3) is 34.9. The van der Waals surface area contributed by atoms with E-state index in [1.54, 1.807) is 6.08 Å². The van der Waals surface area contributed by atoms with Crippen molar-refractivity contribution in [3.63, 3.8) is 0 Å². The van der Waals surface area contributed by atoms with Crippen LogP contribution in [0, 0.1) is 0 Å². The van der Waals surface area contributed by atoms with Gasteiger partial charge in [0, 0.05) is 6.42 Å². The highest BCUT2D eigenvalue weighted by Gasteiger charge is 2.27. The second-order valence-corrected chi connectivity index (χ2v) is 16.1. The Morgan fingerprint density at radius 2 is 1.16 bits per heavy atom. The Kier molecular flexibility index (Phi) is 32.3. The van der Waals surface area contributed by atoms with Gasteiger partial charge in [-0.3, -0.25) is 13.8 Å². The molecule has 0 aliphatic carbocycles. The number of unbranched alkanes of at least 4 members (excludes halogenated alkanes) is 16. The van der Waals surface area contributed by atoms with Gasteiger partial charge in [0.25, 0.3) is 0 Å². The van der Waals surface area contributed by atoms with E-state index in [9.17, 15) is 19.4 Å². The van der Waals surface area contributed by atoms with E-state index in [0.29, 0.717) is 17.4 Å². The van der Waals surface area contributed by atoms with E-state index >= 15 is 0 Å². The molecule has 0 bridgehead atoms. The van der Waals surface area contributed by atoms with Crippen LogP contribution in [0.25, 0.3) is 0 Å². The minimum Gasteiger partial charge on any atom is -0.387 e. The lowest BCUT2D eigenvalue weighted by atomic mass is 10.1. The zero-order chi connectivity index (χ0) is 37.2. The summed E-state index contributed by atoms with van der Waals surface area (Å²) in [4.78, 5) is 23.0. The minimum absolute atomic E-state index is 0.0528. The minimum atomic E-state index is -4.34. The predicted octanol–water partition coefficient (Wildman–Crippen LogP) is 10.5. The molecule has 1 amide bonds. The van der Waals surface area contributed by atoms with Crippen LogP contribution in [0.2, 0.25) is 0 Å². The summed E-state index contributed by atoms with van der Waals surface area (Å²) >= 11 is 0. The molecular formula is C41H78N2O6P+. The molecule has 0 spiro atoms. The van der Waals surface area contributed by atoms with Gasteiger partial charge >= 0.3 is 7.82 Å². The first-order valence-corrected chi connectivity index (χ1v) is 21.5. The lowest BCUT2D eigenvalue weighted by Crippen LogP contribution is -2.45. The van der Waals surface area contributed by atoms with Crippen molar-refractivity contribution in [1.82, 2.24) is 5.32 Å². The Morgan fingerprint density at radius 1 is 0.680 bits per heavy atom. The van der Waals surface area contributed by atoms with Crippen molar-refractivity contribution in [2.24, 2.45) is 0 Å². The van der Waals surface area contributed by atoms with Gasteiger partial charge in [-0.25, -0.2) is 4.57 Å². The van der Waals surface area contributed by atoms with Crippen molar-refractivity contribution < 1.29 is 32.9 Å². The van der Waals surface area contributed by atoms with E-state index in [4.69, 9.17) is 9.05 Å². The lowest BCUT2D eigenvalue weighted by Gasteiger charge is -2.25. The van der Waals surface area contributed by atoms with Gasteiger partial charge in [-0.1, -0.05) is 133 Å². The second kappa shape index (κ2) is 33.3. The van der Waals surface area contributed by atoms with Gasteiger partial charge in [-0.05, 0) is 64.2 Å². The summed E-state index contributed by atoms with van der Waals surface area (Å²) in [6.45, 7) is 4.71. The molecule has 0 aliphatic heterocycles. The highest BCUT2D eigenvalue weighted by Crippen LogP contribution is 2.43. The van der Waals surface area contributed by atoms with Gasteiger partial charge in [-0.15, -0.1) is 0 Å². The number of nitrogens with one attached hydrogen (secondary N) is 1. The quantitative estimate of drug-likeness (QED) is 0.0260. The number of amides is 1. The van der Waals surface area contributed by atoms with E-state index in [2.05, 4.69) is 55.6 Å². The van der Waals surface area contributed by atoms with Crippen molar-refractivity contribution in [3.05, 3.63) is 48.6 Å². The van der Waals surface area contributed by atoms with Crippen LogP contribution in [0.3, 0.4) is 0 Å². The highest BCUT2D eigenvalue weighted by molar-refractivity contribution is 7.47. The molecule has 0 aromatic heterocycles. The first kappa shape index (κ1) is 48.5. The van der Waals surface area contributed by atoms with Gasteiger partial charge in [0.05, 0.1) is 39.9 Å². The molecule has 0 aromatic carbocycles. The summed E-state index contributed by atoms with van der Waals surface area (Å²) in [7, 11) is 1.54. The maximum atomic E-state index is 12.8. The Labute approximate surface area is 308 Å². The number of nitrogens with zero attached hydrogens (tertiary/aromatic N) is 1. The highest BCUT2D eigenvalue weighted by atomic mass is 31.2. The summed E-state index contributed by atoms with van der Waals surface area (Å²) in [5.41, 5.74) is 0. The van der Waals surface area contributed by atoms with Crippen LogP contribution >= 0.6 is 7.82 Å². The number of phosphoric ester groups is 1. The number of phosphoric acid groups is 1. The molecule has 0 saturated heterocycles. The van der Waals surface area contributed by atoms with E-state index < -0.39 is 20.0 Å². The molecule has 0 heterocycles. The number of hydrogen-bond donors (Lipinski definition) is 3. The number of hydrogen-bond acceptors (Lipinski definition) is 5. The molecule has 8 nitrogen and oxygen atoms in total. The molecule has 3 unspecified atom stereocenters. The summed E-state index contributed by atoms with van der Waals surface area (Å²) in [6.07, 6.45) is 40.3. The molecule has 3 N–H and O–H groups in total. The molecule has 0 aliphatic rings. The SMILES string of the molecule is CCCCC/C=C\C/C=C\CCCCCCCCCC(=O)NC(COP(=O)(O)OCC[N+](C)(C)C)C(O)/C=C/CC/C=C/CCCCCCC. The monoisotopic (exact) mass is 726 g/mol. The standard InChI is InChI=1S/C41H77N2O6P/c1-6-8-10-12-14-16-18-19-20-21-22-23-25-27-29-31-33-35-41(45)42-39(38-49-50(46,47)48-37-36-43(3,4)5)40(44)34-32-30-28-26-24-17-15-13-11-9-7-2/h14,16,19-20,24,26,32,34,39-40,44H,6-13,15,17-18,21-23,25,27-31,33,35-38H2,1-5H3,(H-,42,45,46,47)/p+1/b16-14-,20-19-,26-24+,34-32+. The number of carbonyl (C=O) groups is 1. The van der Waals surface area contributed by atoms with E-state index in [-0.39, 0.29) is 19.1 Å². The van der Waals surface area contributed by atoms with Gasteiger partial charge in [0.15, 0.2) is 0 Å². The number of allylic oxidation sites excluding steroid dienone is 7. The molecule has 50 heavy (non-hydrogen) atoms. The second-order valence-electron chi connectivity index (χ2n) is 14.6. The van der Waals surface area contributed by atoms with E-state index in [1.165, 1.54) is 83.5 Å². The van der Waals surface area contributed by atoms with Crippen molar-refractivity contribution >= 4 is 13.7 Å². The fraction of sp³-hybridized carbons (Fsp3) is 0.780. The van der Waals surface area contributed by atoms with Crippen LogP contribution in [0.1, 0.15) is 155 Å². The third-order valence-electron chi connectivity index (χ3n) is 8.52. The fourth-order valence-electron chi connectivity index (χ4n) is 5.26. The predicted molar refractivity (Wildman–Crippen MR) is 212 cm³/mol. The smallest absolute Gasteiger partial charge is 0.387 e. The number of rotatable bonds is 35. The molecule has 0 aromatic rings. The van der Waals surface area contributed by atoms with Gasteiger partial charge < -0.3 is 19.8 Å². The van der Waals surface area contributed by atoms with Crippen molar-refractivity contribution in [1.29, 1.82) is 0 Å². The van der Waals surface area contributed by atoms with Crippen LogP contribution in [0.5, 0.6) is 0 Å². The van der Waals surface area contributed by atoms with Crippen LogP contribution in [0.15, 0.2) is 48.6 Å². The molecule has 0 fully saturated rings. The maximum absolute atomic E-state index is 12.8. The Hall–Kier alpha value is -1.54. The third-order valence-corrected chi connectivity index (χ3v) is 9.51. The first-order chi connectivity index (χ1) is 24.0. The van der Waals surface area contributed by atoms with Gasteiger partial charge in [0.1, 0.15) is 13.2 Å². The van der Waals surface area contributed by atoms with Crippen LogP contribution in [-0.4, -0.2) is 73.4 Å². The molecule has 0 rings (SSSR count). The Balaban J connectivity index is 4.52. The molecule has 292 valence electrons. The van der Waals surface area contributed by atoms with E-state index in [1.807, 2.05) is 27.2 Å². The summed E-state index contributed by atoms with van der Waals surface area (Å²) in [5.74, 6) is -0.200. The largest absolute Gasteiger partial charge is 0.472 e.